The number of aliphatic imine (C=N–C) groups is 2. The summed E-state index contributed by atoms with van der Waals surface area (Å²) >= 11 is 0. The van der Waals surface area contributed by atoms with Gasteiger partial charge in [0, 0.05) is 0 Å². The van der Waals surface area contributed by atoms with Gasteiger partial charge in [-0.25, -0.2) is 9.59 Å². The van der Waals surface area contributed by atoms with E-state index in [0.717, 1.165) is 32.3 Å². The van der Waals surface area contributed by atoms with Gasteiger partial charge in [-0.1, -0.05) is 36.4 Å². The third-order valence-electron chi connectivity index (χ3n) is 4.15. The molecule has 0 saturated heterocycles. The standard InChI is InChI=1S/C20H10N2O2/c23-11-21-15-3-7-17-13(9-15)1-5-19-18-8-4-16(22-12-24)10-14(18)2-6-20(17)19/h1-10H. The lowest BCUT2D eigenvalue weighted by atomic mass is 9.96. The highest BCUT2D eigenvalue weighted by molar-refractivity contribution is 6.17. The predicted molar refractivity (Wildman–Crippen MR) is 94.5 cm³/mol. The fourth-order valence-electron chi connectivity index (χ4n) is 3.11. The highest BCUT2D eigenvalue weighted by atomic mass is 16.1. The van der Waals surface area contributed by atoms with Crippen LogP contribution in [-0.4, -0.2) is 12.2 Å². The van der Waals surface area contributed by atoms with E-state index >= 15 is 0 Å². The lowest BCUT2D eigenvalue weighted by Gasteiger charge is -2.08. The molecule has 0 unspecified atom stereocenters. The molecule has 4 rings (SSSR count). The monoisotopic (exact) mass is 310 g/mol. The van der Waals surface area contributed by atoms with Crippen LogP contribution in [0.2, 0.25) is 0 Å². The molecule has 4 heteroatoms. The topological polar surface area (TPSA) is 58.9 Å². The maximum atomic E-state index is 10.4. The van der Waals surface area contributed by atoms with Gasteiger partial charge >= 0.3 is 0 Å². The molecule has 0 aromatic heterocycles. The van der Waals surface area contributed by atoms with Crippen LogP contribution in [-0.2, 0) is 9.59 Å². The number of rotatable bonds is 2. The lowest BCUT2D eigenvalue weighted by Crippen LogP contribution is -1.81. The van der Waals surface area contributed by atoms with E-state index in [1.165, 1.54) is 0 Å². The number of nitrogens with zero attached hydrogens (tertiary/aromatic N) is 2. The van der Waals surface area contributed by atoms with Gasteiger partial charge in [0.1, 0.15) is 0 Å². The molecule has 0 aliphatic carbocycles. The van der Waals surface area contributed by atoms with Gasteiger partial charge in [0.05, 0.1) is 11.4 Å². The zero-order valence-corrected chi connectivity index (χ0v) is 12.5. The molecule has 0 heterocycles. The summed E-state index contributed by atoms with van der Waals surface area (Å²) in [4.78, 5) is 28.2. The molecule has 24 heavy (non-hydrogen) atoms. The van der Waals surface area contributed by atoms with E-state index in [0.29, 0.717) is 11.4 Å². The molecule has 4 nitrogen and oxygen atoms in total. The van der Waals surface area contributed by atoms with Gasteiger partial charge < -0.3 is 0 Å². The molecular formula is C20H10N2O2. The third kappa shape index (κ3) is 2.20. The van der Waals surface area contributed by atoms with Crippen molar-refractivity contribution in [3.8, 4) is 0 Å². The SMILES string of the molecule is O=C=Nc1ccc2c(ccc3c4ccc(N=C=O)cc4ccc23)c1. The molecule has 0 saturated carbocycles. The lowest BCUT2D eigenvalue weighted by molar-refractivity contribution is 0.564. The Morgan fingerprint density at radius 2 is 0.958 bits per heavy atom. The van der Waals surface area contributed by atoms with E-state index in [4.69, 9.17) is 0 Å². The van der Waals surface area contributed by atoms with Gasteiger partial charge in [-0.15, -0.1) is 0 Å². The van der Waals surface area contributed by atoms with E-state index in [-0.39, 0.29) is 0 Å². The molecule has 0 fully saturated rings. The largest absolute Gasteiger partial charge is 0.240 e. The van der Waals surface area contributed by atoms with Gasteiger partial charge in [-0.05, 0) is 56.6 Å². The first-order chi connectivity index (χ1) is 11.8. The van der Waals surface area contributed by atoms with Crippen LogP contribution in [0, 0.1) is 0 Å². The van der Waals surface area contributed by atoms with Gasteiger partial charge in [-0.3, -0.25) is 0 Å². The zero-order chi connectivity index (χ0) is 16.5. The number of carbonyl (C=O) groups excluding carboxylic acids is 2. The minimum atomic E-state index is 0.592. The highest BCUT2D eigenvalue weighted by Gasteiger charge is 2.06. The van der Waals surface area contributed by atoms with Crippen LogP contribution in [0.1, 0.15) is 0 Å². The summed E-state index contributed by atoms with van der Waals surface area (Å²) in [6, 6.07) is 19.4. The minimum absolute atomic E-state index is 0.592. The molecule has 0 aliphatic rings. The highest BCUT2D eigenvalue weighted by Crippen LogP contribution is 2.34. The average molecular weight is 310 g/mol. The second-order valence-corrected chi connectivity index (χ2v) is 5.44. The van der Waals surface area contributed by atoms with Crippen LogP contribution < -0.4 is 0 Å². The Bertz CT molecular complexity index is 1120. The molecule has 0 aliphatic heterocycles. The van der Waals surface area contributed by atoms with Crippen molar-refractivity contribution < 1.29 is 9.59 Å². The fraction of sp³-hybridized carbons (Fsp3) is 0. The second kappa shape index (κ2) is 5.56. The van der Waals surface area contributed by atoms with Crippen molar-refractivity contribution >= 4 is 55.9 Å². The predicted octanol–water partition coefficient (Wildman–Crippen LogP) is 5.08. The Balaban J connectivity index is 2.05. The Kier molecular flexibility index (Phi) is 3.25. The molecule has 0 atom stereocenters. The van der Waals surface area contributed by atoms with Crippen molar-refractivity contribution in [3.05, 3.63) is 60.7 Å². The number of isocyanates is 2. The van der Waals surface area contributed by atoms with Gasteiger partial charge in [-0.2, -0.15) is 9.98 Å². The van der Waals surface area contributed by atoms with Crippen molar-refractivity contribution in [1.82, 2.24) is 0 Å². The number of benzene rings is 4. The first kappa shape index (κ1) is 14.0. The fourth-order valence-corrected chi connectivity index (χ4v) is 3.11. The molecule has 0 amide bonds. The van der Waals surface area contributed by atoms with E-state index in [9.17, 15) is 9.59 Å². The Morgan fingerprint density at radius 1 is 0.542 bits per heavy atom. The summed E-state index contributed by atoms with van der Waals surface area (Å²) in [7, 11) is 0. The van der Waals surface area contributed by atoms with Crippen LogP contribution in [0.15, 0.2) is 70.6 Å². The third-order valence-corrected chi connectivity index (χ3v) is 4.15. The number of hydrogen-bond donors (Lipinski definition) is 0. The maximum Gasteiger partial charge on any atom is 0.240 e. The normalized spacial score (nSPS) is 10.5. The van der Waals surface area contributed by atoms with Crippen LogP contribution in [0.5, 0.6) is 0 Å². The van der Waals surface area contributed by atoms with Gasteiger partial charge in [0.15, 0.2) is 0 Å². The smallest absolute Gasteiger partial charge is 0.211 e. The van der Waals surface area contributed by atoms with E-state index in [1.54, 1.807) is 24.3 Å². The first-order valence-corrected chi connectivity index (χ1v) is 7.35. The van der Waals surface area contributed by atoms with Crippen LogP contribution in [0.25, 0.3) is 32.3 Å². The van der Waals surface area contributed by atoms with E-state index < -0.39 is 0 Å². The van der Waals surface area contributed by atoms with E-state index in [1.807, 2.05) is 36.4 Å². The number of fused-ring (bicyclic) bond motifs is 5. The van der Waals surface area contributed by atoms with Crippen molar-refractivity contribution in [2.24, 2.45) is 9.98 Å². The summed E-state index contributed by atoms with van der Waals surface area (Å²) in [5.74, 6) is 0. The Labute approximate surface area is 136 Å². The van der Waals surface area contributed by atoms with Gasteiger partial charge in [0.2, 0.25) is 12.2 Å². The molecule has 4 aromatic carbocycles. The Morgan fingerprint density at radius 3 is 1.38 bits per heavy atom. The minimum Gasteiger partial charge on any atom is -0.211 e. The maximum absolute atomic E-state index is 10.4. The quantitative estimate of drug-likeness (QED) is 0.294. The summed E-state index contributed by atoms with van der Waals surface area (Å²) < 4.78 is 0. The van der Waals surface area contributed by atoms with Crippen LogP contribution >= 0.6 is 0 Å². The zero-order valence-electron chi connectivity index (χ0n) is 12.5. The number of hydrogen-bond acceptors (Lipinski definition) is 4. The Hall–Kier alpha value is -3.58. The van der Waals surface area contributed by atoms with Crippen LogP contribution in [0.4, 0.5) is 11.4 Å². The second-order valence-electron chi connectivity index (χ2n) is 5.44. The van der Waals surface area contributed by atoms with Crippen molar-refractivity contribution in [2.75, 3.05) is 0 Å². The molecule has 4 aromatic rings. The van der Waals surface area contributed by atoms with Crippen molar-refractivity contribution in [2.45, 2.75) is 0 Å². The molecular weight excluding hydrogens is 300 g/mol. The van der Waals surface area contributed by atoms with Crippen LogP contribution in [0.3, 0.4) is 0 Å². The average Bonchev–Trinajstić information content (AvgIpc) is 2.61. The first-order valence-electron chi connectivity index (χ1n) is 7.35. The van der Waals surface area contributed by atoms with E-state index in [2.05, 4.69) is 22.1 Å². The summed E-state index contributed by atoms with van der Waals surface area (Å²) in [6.07, 6.45) is 3.13. The van der Waals surface area contributed by atoms with Crippen molar-refractivity contribution in [1.29, 1.82) is 0 Å². The summed E-state index contributed by atoms with van der Waals surface area (Å²) in [5, 5.41) is 6.45. The molecule has 0 radical (unpaired) electrons. The molecule has 0 N–H and O–H groups in total. The molecule has 112 valence electrons. The van der Waals surface area contributed by atoms with Crippen molar-refractivity contribution in [3.63, 3.8) is 0 Å². The molecule has 0 spiro atoms. The van der Waals surface area contributed by atoms with Gasteiger partial charge in [0.25, 0.3) is 0 Å². The summed E-state index contributed by atoms with van der Waals surface area (Å²) in [6.45, 7) is 0. The summed E-state index contributed by atoms with van der Waals surface area (Å²) in [5.41, 5.74) is 1.18. The molecule has 0 bridgehead atoms.